The first kappa shape index (κ1) is 17.5. The summed E-state index contributed by atoms with van der Waals surface area (Å²) in [6.07, 6.45) is 1.80. The Bertz CT molecular complexity index is 964. The second-order valence-corrected chi connectivity index (χ2v) is 8.25. The summed E-state index contributed by atoms with van der Waals surface area (Å²) in [5.74, 6) is 0.915. The quantitative estimate of drug-likeness (QED) is 0.776. The maximum absolute atomic E-state index is 12.9. The summed E-state index contributed by atoms with van der Waals surface area (Å²) in [5, 5.41) is 9.69. The highest BCUT2D eigenvalue weighted by molar-refractivity contribution is 6.06. The smallest absolute Gasteiger partial charge is 0.256 e. The molecule has 0 saturated carbocycles. The summed E-state index contributed by atoms with van der Waals surface area (Å²) in [5.41, 5.74) is 2.68. The van der Waals surface area contributed by atoms with Gasteiger partial charge < -0.3 is 14.8 Å². The average molecular weight is 363 g/mol. The number of nitrogens with one attached hydrogen (secondary N) is 1. The second kappa shape index (κ2) is 6.37. The van der Waals surface area contributed by atoms with Gasteiger partial charge in [-0.05, 0) is 18.2 Å². The van der Waals surface area contributed by atoms with Gasteiger partial charge >= 0.3 is 0 Å². The van der Waals surface area contributed by atoms with Gasteiger partial charge in [-0.1, -0.05) is 39.0 Å². The van der Waals surface area contributed by atoms with Gasteiger partial charge in [-0.15, -0.1) is 5.10 Å². The molecule has 3 heterocycles. The molecule has 6 heteroatoms. The van der Waals surface area contributed by atoms with Crippen molar-refractivity contribution in [3.05, 3.63) is 53.9 Å². The number of carbonyl (C=O) groups excluding carboxylic acids is 1. The number of likely N-dealkylation sites (N-methyl/N-ethyl adjacent to an activating group) is 1. The number of aromatic amines is 1. The van der Waals surface area contributed by atoms with E-state index in [1.165, 1.54) is 0 Å². The summed E-state index contributed by atoms with van der Waals surface area (Å²) in [6, 6.07) is 12.1. The molecule has 0 radical (unpaired) electrons. The predicted octanol–water partition coefficient (Wildman–Crippen LogP) is 3.22. The number of carbonyl (C=O) groups is 1. The van der Waals surface area contributed by atoms with Gasteiger partial charge in [0.25, 0.3) is 5.91 Å². The first-order valence-electron chi connectivity index (χ1n) is 9.27. The molecule has 4 rings (SSSR count). The van der Waals surface area contributed by atoms with E-state index in [-0.39, 0.29) is 17.4 Å². The molecule has 0 spiro atoms. The van der Waals surface area contributed by atoms with E-state index in [4.69, 9.17) is 0 Å². The largest absolute Gasteiger partial charge is 0.360 e. The van der Waals surface area contributed by atoms with Crippen LogP contribution in [0.15, 0.2) is 42.6 Å². The monoisotopic (exact) mass is 363 g/mol. The van der Waals surface area contributed by atoms with E-state index in [1.54, 1.807) is 6.20 Å². The van der Waals surface area contributed by atoms with Crippen LogP contribution in [0.2, 0.25) is 0 Å². The standard InChI is InChI=1S/C21H25N5O/c1-21(2,3)18-9-10-19(24-23-18)26-12-14(13-26)25(4)20(27)16-11-22-17-8-6-5-7-15(16)17/h5-11,14,22H,12-13H2,1-4H3. The molecule has 27 heavy (non-hydrogen) atoms. The number of hydrogen-bond donors (Lipinski definition) is 1. The SMILES string of the molecule is CN(C(=O)c1c[nH]c2ccccc12)C1CN(c2ccc(C(C)(C)C)nn2)C1. The van der Waals surface area contributed by atoms with Crippen LogP contribution >= 0.6 is 0 Å². The number of fused-ring (bicyclic) bond motifs is 1. The number of anilines is 1. The molecule has 0 aliphatic carbocycles. The van der Waals surface area contributed by atoms with E-state index in [9.17, 15) is 4.79 Å². The molecule has 1 aromatic carbocycles. The highest BCUT2D eigenvalue weighted by atomic mass is 16.2. The predicted molar refractivity (Wildman–Crippen MR) is 107 cm³/mol. The fraction of sp³-hybridized carbons (Fsp3) is 0.381. The Morgan fingerprint density at radius 2 is 1.89 bits per heavy atom. The van der Waals surface area contributed by atoms with Crippen molar-refractivity contribution in [3.63, 3.8) is 0 Å². The molecule has 1 saturated heterocycles. The molecule has 1 N–H and O–H groups in total. The highest BCUT2D eigenvalue weighted by Crippen LogP contribution is 2.26. The van der Waals surface area contributed by atoms with Crippen LogP contribution < -0.4 is 4.90 Å². The van der Waals surface area contributed by atoms with E-state index in [2.05, 4.69) is 40.9 Å². The van der Waals surface area contributed by atoms with E-state index in [1.807, 2.05) is 48.3 Å². The number of hydrogen-bond acceptors (Lipinski definition) is 4. The molecule has 3 aromatic rings. The molecule has 1 aliphatic heterocycles. The molecule has 140 valence electrons. The Morgan fingerprint density at radius 1 is 1.15 bits per heavy atom. The van der Waals surface area contributed by atoms with Crippen molar-refractivity contribution in [1.82, 2.24) is 20.1 Å². The number of amides is 1. The number of para-hydroxylation sites is 1. The van der Waals surface area contributed by atoms with Crippen LogP contribution in [0.1, 0.15) is 36.8 Å². The Labute approximate surface area is 159 Å². The van der Waals surface area contributed by atoms with Crippen LogP contribution in [0.3, 0.4) is 0 Å². The van der Waals surface area contributed by atoms with Crippen molar-refractivity contribution in [1.29, 1.82) is 0 Å². The van der Waals surface area contributed by atoms with Crippen molar-refractivity contribution in [2.75, 3.05) is 25.0 Å². The molecule has 0 bridgehead atoms. The van der Waals surface area contributed by atoms with Gasteiger partial charge in [0, 0.05) is 42.7 Å². The molecular weight excluding hydrogens is 338 g/mol. The van der Waals surface area contributed by atoms with Crippen molar-refractivity contribution in [2.24, 2.45) is 0 Å². The van der Waals surface area contributed by atoms with Gasteiger partial charge in [0.1, 0.15) is 0 Å². The highest BCUT2D eigenvalue weighted by Gasteiger charge is 2.34. The molecule has 0 atom stereocenters. The number of rotatable bonds is 3. The lowest BCUT2D eigenvalue weighted by molar-refractivity contribution is 0.0707. The third-order valence-corrected chi connectivity index (χ3v) is 5.29. The third-order valence-electron chi connectivity index (χ3n) is 5.29. The van der Waals surface area contributed by atoms with Gasteiger partial charge in [-0.25, -0.2) is 0 Å². The lowest BCUT2D eigenvalue weighted by Gasteiger charge is -2.44. The minimum atomic E-state index is -0.00498. The summed E-state index contributed by atoms with van der Waals surface area (Å²) in [4.78, 5) is 20.1. The summed E-state index contributed by atoms with van der Waals surface area (Å²) >= 11 is 0. The summed E-state index contributed by atoms with van der Waals surface area (Å²) in [6.45, 7) is 7.92. The lowest BCUT2D eigenvalue weighted by atomic mass is 9.92. The fourth-order valence-corrected chi connectivity index (χ4v) is 3.39. The zero-order chi connectivity index (χ0) is 19.2. The van der Waals surface area contributed by atoms with E-state index in [0.29, 0.717) is 0 Å². The first-order valence-corrected chi connectivity index (χ1v) is 9.27. The first-order chi connectivity index (χ1) is 12.8. The number of nitrogens with zero attached hydrogens (tertiary/aromatic N) is 4. The average Bonchev–Trinajstić information content (AvgIpc) is 3.03. The van der Waals surface area contributed by atoms with Crippen LogP contribution in [0.25, 0.3) is 10.9 Å². The van der Waals surface area contributed by atoms with Crippen molar-refractivity contribution < 1.29 is 4.79 Å². The lowest BCUT2D eigenvalue weighted by Crippen LogP contribution is -2.60. The minimum absolute atomic E-state index is 0.00498. The Morgan fingerprint density at radius 3 is 2.56 bits per heavy atom. The summed E-state index contributed by atoms with van der Waals surface area (Å²) in [7, 11) is 1.88. The Hall–Kier alpha value is -2.89. The van der Waals surface area contributed by atoms with Crippen LogP contribution in [0.5, 0.6) is 0 Å². The van der Waals surface area contributed by atoms with Crippen LogP contribution in [0.4, 0.5) is 5.82 Å². The molecule has 6 nitrogen and oxygen atoms in total. The van der Waals surface area contributed by atoms with Gasteiger partial charge in [-0.3, -0.25) is 4.79 Å². The van der Waals surface area contributed by atoms with Gasteiger partial charge in [0.2, 0.25) is 0 Å². The Balaban J connectivity index is 1.42. The minimum Gasteiger partial charge on any atom is -0.360 e. The van der Waals surface area contributed by atoms with E-state index >= 15 is 0 Å². The molecular formula is C21H25N5O. The van der Waals surface area contributed by atoms with Gasteiger partial charge in [0.15, 0.2) is 5.82 Å². The third kappa shape index (κ3) is 3.16. The van der Waals surface area contributed by atoms with Gasteiger partial charge in [0.05, 0.1) is 17.3 Å². The molecule has 1 fully saturated rings. The van der Waals surface area contributed by atoms with Crippen LogP contribution in [-0.2, 0) is 5.41 Å². The van der Waals surface area contributed by atoms with Crippen molar-refractivity contribution in [3.8, 4) is 0 Å². The van der Waals surface area contributed by atoms with E-state index < -0.39 is 0 Å². The van der Waals surface area contributed by atoms with Crippen molar-refractivity contribution in [2.45, 2.75) is 32.2 Å². The molecule has 2 aromatic heterocycles. The normalized spacial score (nSPS) is 15.0. The zero-order valence-electron chi connectivity index (χ0n) is 16.2. The maximum atomic E-state index is 12.9. The molecule has 1 amide bonds. The van der Waals surface area contributed by atoms with Gasteiger partial charge in [-0.2, -0.15) is 5.10 Å². The topological polar surface area (TPSA) is 65.1 Å². The zero-order valence-corrected chi connectivity index (χ0v) is 16.2. The van der Waals surface area contributed by atoms with Crippen LogP contribution in [-0.4, -0.2) is 52.2 Å². The molecule has 1 aliphatic rings. The molecule has 0 unspecified atom stereocenters. The maximum Gasteiger partial charge on any atom is 0.256 e. The van der Waals surface area contributed by atoms with Crippen molar-refractivity contribution >= 4 is 22.6 Å². The van der Waals surface area contributed by atoms with E-state index in [0.717, 1.165) is 41.1 Å². The number of benzene rings is 1. The fourth-order valence-electron chi connectivity index (χ4n) is 3.39. The second-order valence-electron chi connectivity index (χ2n) is 8.25. The number of aromatic nitrogens is 3. The number of H-pyrrole nitrogens is 1. The summed E-state index contributed by atoms with van der Waals surface area (Å²) < 4.78 is 0. The van der Waals surface area contributed by atoms with Crippen LogP contribution in [0, 0.1) is 0 Å². The Kier molecular flexibility index (Phi) is 4.13.